The van der Waals surface area contributed by atoms with Gasteiger partial charge in [-0.05, 0) is 25.8 Å². The number of guanidine groups is 1. The number of hydrogen-bond acceptors (Lipinski definition) is 4. The number of likely N-dealkylation sites (N-methyl/N-ethyl adjacent to an activating group) is 1. The first-order valence-electron chi connectivity index (χ1n) is 9.23. The number of amides is 1. The van der Waals surface area contributed by atoms with E-state index >= 15 is 0 Å². The maximum Gasteiger partial charge on any atom is 0.387 e. The van der Waals surface area contributed by atoms with Crippen molar-refractivity contribution in [1.29, 1.82) is 0 Å². The summed E-state index contributed by atoms with van der Waals surface area (Å²) in [6.07, 6.45) is 2.07. The van der Waals surface area contributed by atoms with Crippen LogP contribution in [0.15, 0.2) is 23.2 Å². The molecule has 2 N–H and O–H groups in total. The van der Waals surface area contributed by atoms with E-state index in [1.165, 1.54) is 11.0 Å². The standard InChI is InChI=1S/C19H28F2N4O3.HI/c1-13-6-7-16(28-18(20)21)14(9-13)10-22-19(24-12-17(26)25(2)3)23-11-15-5-4-8-27-15;/h6-7,9,15,18H,4-5,8,10-12H2,1-3H3,(H2,22,23,24);1H. The molecule has 1 atom stereocenters. The summed E-state index contributed by atoms with van der Waals surface area (Å²) in [4.78, 5) is 17.8. The quantitative estimate of drug-likeness (QED) is 0.310. The van der Waals surface area contributed by atoms with E-state index in [9.17, 15) is 13.6 Å². The number of benzene rings is 1. The Hall–Kier alpha value is -1.69. The zero-order valence-corrected chi connectivity index (χ0v) is 19.2. The molecule has 0 radical (unpaired) electrons. The molecule has 0 spiro atoms. The highest BCUT2D eigenvalue weighted by Crippen LogP contribution is 2.23. The van der Waals surface area contributed by atoms with Crippen molar-refractivity contribution >= 4 is 35.8 Å². The number of alkyl halides is 2. The van der Waals surface area contributed by atoms with Crippen molar-refractivity contribution in [2.24, 2.45) is 4.99 Å². The third kappa shape index (κ3) is 9.11. The average molecular weight is 526 g/mol. The SMILES string of the molecule is Cc1ccc(OC(F)F)c(CN=C(NCC(=O)N(C)C)NCC2CCCO2)c1.I. The minimum atomic E-state index is -2.90. The molecule has 164 valence electrons. The van der Waals surface area contributed by atoms with E-state index < -0.39 is 6.61 Å². The zero-order chi connectivity index (χ0) is 20.5. The number of aryl methyl sites for hydroxylation is 1. The largest absolute Gasteiger partial charge is 0.434 e. The zero-order valence-electron chi connectivity index (χ0n) is 16.9. The summed E-state index contributed by atoms with van der Waals surface area (Å²) in [5.74, 6) is 0.395. The molecule has 0 aliphatic carbocycles. The lowest BCUT2D eigenvalue weighted by molar-refractivity contribution is -0.127. The first kappa shape index (κ1) is 25.3. The van der Waals surface area contributed by atoms with Crippen molar-refractivity contribution in [3.8, 4) is 5.75 Å². The van der Waals surface area contributed by atoms with E-state index in [-0.39, 0.29) is 54.8 Å². The van der Waals surface area contributed by atoms with Crippen molar-refractivity contribution in [2.45, 2.75) is 39.0 Å². The van der Waals surface area contributed by atoms with Gasteiger partial charge in [0.05, 0.1) is 19.2 Å². The summed E-state index contributed by atoms with van der Waals surface area (Å²) in [5.41, 5.74) is 1.45. The van der Waals surface area contributed by atoms with E-state index in [0.717, 1.165) is 25.0 Å². The second kappa shape index (κ2) is 12.8. The summed E-state index contributed by atoms with van der Waals surface area (Å²) in [5, 5.41) is 6.13. The molecular formula is C19H29F2IN4O3. The molecule has 1 aromatic carbocycles. The monoisotopic (exact) mass is 526 g/mol. The third-order valence-corrected chi connectivity index (χ3v) is 4.27. The highest BCUT2D eigenvalue weighted by Gasteiger charge is 2.16. The number of halogens is 3. The first-order valence-corrected chi connectivity index (χ1v) is 9.23. The Morgan fingerprint density at radius 1 is 1.38 bits per heavy atom. The molecule has 7 nitrogen and oxygen atoms in total. The smallest absolute Gasteiger partial charge is 0.387 e. The fourth-order valence-electron chi connectivity index (χ4n) is 2.71. The summed E-state index contributed by atoms with van der Waals surface area (Å²) in [6.45, 7) is 0.445. The molecule has 0 aromatic heterocycles. The van der Waals surface area contributed by atoms with Gasteiger partial charge in [-0.15, -0.1) is 24.0 Å². The third-order valence-electron chi connectivity index (χ3n) is 4.27. The Kier molecular flexibility index (Phi) is 11.2. The van der Waals surface area contributed by atoms with Gasteiger partial charge in [0.2, 0.25) is 5.91 Å². The fourth-order valence-corrected chi connectivity index (χ4v) is 2.71. The summed E-state index contributed by atoms with van der Waals surface area (Å²) in [7, 11) is 3.34. The molecule has 0 bridgehead atoms. The van der Waals surface area contributed by atoms with Crippen molar-refractivity contribution in [1.82, 2.24) is 15.5 Å². The second-order valence-corrected chi connectivity index (χ2v) is 6.81. The number of carbonyl (C=O) groups is 1. The maximum absolute atomic E-state index is 12.6. The summed E-state index contributed by atoms with van der Waals surface area (Å²) < 4.78 is 35.4. The normalized spacial score (nSPS) is 16.3. The molecular weight excluding hydrogens is 497 g/mol. The summed E-state index contributed by atoms with van der Waals surface area (Å²) >= 11 is 0. The Labute approximate surface area is 187 Å². The fraction of sp³-hybridized carbons (Fsp3) is 0.579. The van der Waals surface area contributed by atoms with Crippen LogP contribution in [0.4, 0.5) is 8.78 Å². The molecule has 29 heavy (non-hydrogen) atoms. The number of rotatable bonds is 8. The van der Waals surface area contributed by atoms with Gasteiger partial charge in [-0.3, -0.25) is 4.79 Å². The molecule has 1 fully saturated rings. The molecule has 0 saturated carbocycles. The van der Waals surface area contributed by atoms with Crippen LogP contribution in [0.3, 0.4) is 0 Å². The lowest BCUT2D eigenvalue weighted by Crippen LogP contribution is -2.45. The average Bonchev–Trinajstić information content (AvgIpc) is 3.15. The maximum atomic E-state index is 12.6. The van der Waals surface area contributed by atoms with Gasteiger partial charge in [-0.25, -0.2) is 4.99 Å². The van der Waals surface area contributed by atoms with Crippen molar-refractivity contribution < 1.29 is 23.0 Å². The van der Waals surface area contributed by atoms with E-state index in [1.807, 2.05) is 6.92 Å². The molecule has 1 aliphatic rings. The van der Waals surface area contributed by atoms with E-state index in [0.29, 0.717) is 18.1 Å². The Morgan fingerprint density at radius 3 is 2.76 bits per heavy atom. The number of carbonyl (C=O) groups excluding carboxylic acids is 1. The summed E-state index contributed by atoms with van der Waals surface area (Å²) in [6, 6.07) is 4.97. The Balaban J connectivity index is 0.00000420. The highest BCUT2D eigenvalue weighted by molar-refractivity contribution is 14.0. The highest BCUT2D eigenvalue weighted by atomic mass is 127. The van der Waals surface area contributed by atoms with Gasteiger partial charge in [0.1, 0.15) is 5.75 Å². The lowest BCUT2D eigenvalue weighted by atomic mass is 10.1. The van der Waals surface area contributed by atoms with E-state index in [2.05, 4.69) is 20.4 Å². The van der Waals surface area contributed by atoms with Crippen LogP contribution in [0.5, 0.6) is 5.75 Å². The van der Waals surface area contributed by atoms with E-state index in [1.54, 1.807) is 26.2 Å². The number of nitrogens with zero attached hydrogens (tertiary/aromatic N) is 2. The van der Waals surface area contributed by atoms with Gasteiger partial charge in [0.15, 0.2) is 5.96 Å². The van der Waals surface area contributed by atoms with Crippen LogP contribution in [0.2, 0.25) is 0 Å². The molecule has 1 unspecified atom stereocenters. The molecule has 10 heteroatoms. The Morgan fingerprint density at radius 2 is 2.14 bits per heavy atom. The predicted molar refractivity (Wildman–Crippen MR) is 118 cm³/mol. The van der Waals surface area contributed by atoms with Crippen molar-refractivity contribution in [3.05, 3.63) is 29.3 Å². The number of hydrogen-bond donors (Lipinski definition) is 2. The molecule has 1 aliphatic heterocycles. The second-order valence-electron chi connectivity index (χ2n) is 6.81. The topological polar surface area (TPSA) is 75.2 Å². The van der Waals surface area contributed by atoms with Crippen LogP contribution < -0.4 is 15.4 Å². The van der Waals surface area contributed by atoms with Gasteiger partial charge in [0.25, 0.3) is 0 Å². The van der Waals surface area contributed by atoms with Crippen molar-refractivity contribution in [2.75, 3.05) is 33.8 Å². The minimum absolute atomic E-state index is 0. The van der Waals surface area contributed by atoms with Gasteiger partial charge in [-0.1, -0.05) is 17.7 Å². The molecule has 2 rings (SSSR count). The number of aliphatic imine (C=N–C) groups is 1. The minimum Gasteiger partial charge on any atom is -0.434 e. The van der Waals surface area contributed by atoms with Crippen LogP contribution >= 0.6 is 24.0 Å². The molecule has 1 heterocycles. The Bertz CT molecular complexity index is 683. The predicted octanol–water partition coefficient (Wildman–Crippen LogP) is 2.52. The van der Waals surface area contributed by atoms with Crippen LogP contribution in [0.25, 0.3) is 0 Å². The van der Waals surface area contributed by atoms with Gasteiger partial charge >= 0.3 is 6.61 Å². The molecule has 1 saturated heterocycles. The number of ether oxygens (including phenoxy) is 2. The van der Waals surface area contributed by atoms with Crippen LogP contribution in [-0.4, -0.2) is 63.3 Å². The first-order chi connectivity index (χ1) is 13.3. The van der Waals surface area contributed by atoms with E-state index in [4.69, 9.17) is 4.74 Å². The molecule has 1 aromatic rings. The van der Waals surface area contributed by atoms with Gasteiger partial charge in [-0.2, -0.15) is 8.78 Å². The lowest BCUT2D eigenvalue weighted by Gasteiger charge is -2.17. The van der Waals surface area contributed by atoms with Crippen LogP contribution in [-0.2, 0) is 16.1 Å². The van der Waals surface area contributed by atoms with Gasteiger partial charge < -0.3 is 25.0 Å². The van der Waals surface area contributed by atoms with Gasteiger partial charge in [0, 0.05) is 32.8 Å². The molecule has 1 amide bonds. The van der Waals surface area contributed by atoms with Crippen molar-refractivity contribution in [3.63, 3.8) is 0 Å². The van der Waals surface area contributed by atoms with Crippen LogP contribution in [0.1, 0.15) is 24.0 Å². The number of nitrogens with one attached hydrogen (secondary N) is 2. The van der Waals surface area contributed by atoms with Crippen LogP contribution in [0, 0.1) is 6.92 Å².